The Labute approximate surface area is 226 Å². The van der Waals surface area contributed by atoms with Crippen molar-refractivity contribution in [2.75, 3.05) is 13.2 Å². The lowest BCUT2D eigenvalue weighted by molar-refractivity contribution is -0.0367. The van der Waals surface area contributed by atoms with Gasteiger partial charge in [0.05, 0.1) is 23.4 Å². The third-order valence-electron chi connectivity index (χ3n) is 6.80. The Balaban J connectivity index is 0.000000158. The van der Waals surface area contributed by atoms with Crippen molar-refractivity contribution in [3.63, 3.8) is 0 Å². The summed E-state index contributed by atoms with van der Waals surface area (Å²) >= 11 is 0. The molecular formula is C31H36N4O2Si. The topological polar surface area (TPSA) is 54.1 Å². The Morgan fingerprint density at radius 1 is 0.789 bits per heavy atom. The molecule has 4 aromatic rings. The largest absolute Gasteiger partial charge is 0.356 e. The summed E-state index contributed by atoms with van der Waals surface area (Å²) < 4.78 is 15.6. The van der Waals surface area contributed by atoms with Gasteiger partial charge < -0.3 is 9.47 Å². The average Bonchev–Trinajstić information content (AvgIpc) is 3.56. The monoisotopic (exact) mass is 524 g/mol. The van der Waals surface area contributed by atoms with Crippen molar-refractivity contribution in [1.29, 1.82) is 0 Å². The van der Waals surface area contributed by atoms with Crippen LogP contribution in [0.3, 0.4) is 0 Å². The number of rotatable bonds is 2. The lowest BCUT2D eigenvalue weighted by Gasteiger charge is -2.23. The number of aromatic nitrogens is 4. The molecule has 0 aliphatic carbocycles. The van der Waals surface area contributed by atoms with Crippen molar-refractivity contribution < 1.29 is 9.47 Å². The lowest BCUT2D eigenvalue weighted by Crippen LogP contribution is -2.18. The second kappa shape index (κ2) is 11.6. The number of ether oxygens (including phenoxy) is 2. The van der Waals surface area contributed by atoms with E-state index in [9.17, 15) is 0 Å². The van der Waals surface area contributed by atoms with Gasteiger partial charge in [-0.2, -0.15) is 10.2 Å². The first-order chi connectivity index (χ1) is 18.4. The minimum Gasteiger partial charge on any atom is -0.356 e. The highest BCUT2D eigenvalue weighted by molar-refractivity contribution is 6.83. The number of hydrogen-bond donors (Lipinski definition) is 0. The normalized spacial score (nSPS) is 19.7. The molecule has 2 aliphatic rings. The second-order valence-corrected chi connectivity index (χ2v) is 15.8. The molecule has 0 N–H and O–H groups in total. The van der Waals surface area contributed by atoms with E-state index in [4.69, 9.17) is 15.9 Å². The van der Waals surface area contributed by atoms with Crippen LogP contribution in [0.15, 0.2) is 48.8 Å². The van der Waals surface area contributed by atoms with Crippen LogP contribution in [0.25, 0.3) is 21.8 Å². The zero-order valence-electron chi connectivity index (χ0n) is 22.6. The van der Waals surface area contributed by atoms with Gasteiger partial charge in [0.15, 0.2) is 12.5 Å². The fourth-order valence-electron chi connectivity index (χ4n) is 4.83. The molecule has 2 fully saturated rings. The van der Waals surface area contributed by atoms with E-state index in [0.29, 0.717) is 0 Å². The molecule has 38 heavy (non-hydrogen) atoms. The summed E-state index contributed by atoms with van der Waals surface area (Å²) in [4.78, 5) is 0. The van der Waals surface area contributed by atoms with Crippen molar-refractivity contribution >= 4 is 29.9 Å². The number of nitrogens with zero attached hydrogens (tertiary/aromatic N) is 4. The molecule has 0 bridgehead atoms. The Hall–Kier alpha value is -3.36. The van der Waals surface area contributed by atoms with Crippen LogP contribution in [0.4, 0.5) is 0 Å². The van der Waals surface area contributed by atoms with E-state index >= 15 is 0 Å². The SMILES string of the molecule is C#Cc1ccc2c(cnn2C2CCCCO2)c1.C[Si](C)(C)C#Cc1ccc2c(cnn2C2CCCCO2)c1. The van der Waals surface area contributed by atoms with Gasteiger partial charge >= 0.3 is 0 Å². The maximum Gasteiger partial charge on any atom is 0.150 e. The zero-order valence-corrected chi connectivity index (χ0v) is 23.6. The number of hydrogen-bond acceptors (Lipinski definition) is 4. The molecule has 2 saturated heterocycles. The van der Waals surface area contributed by atoms with Crippen LogP contribution in [0, 0.1) is 23.8 Å². The predicted molar refractivity (Wildman–Crippen MR) is 155 cm³/mol. The first-order valence-corrected chi connectivity index (χ1v) is 17.1. The van der Waals surface area contributed by atoms with Gasteiger partial charge in [0.2, 0.25) is 0 Å². The maximum absolute atomic E-state index is 5.83. The summed E-state index contributed by atoms with van der Waals surface area (Å²) in [6, 6.07) is 12.3. The first-order valence-electron chi connectivity index (χ1n) is 13.6. The van der Waals surface area contributed by atoms with Crippen molar-refractivity contribution in [3.8, 4) is 23.8 Å². The van der Waals surface area contributed by atoms with E-state index in [2.05, 4.69) is 65.4 Å². The van der Waals surface area contributed by atoms with Gasteiger partial charge in [-0.1, -0.05) is 31.5 Å². The van der Waals surface area contributed by atoms with E-state index in [-0.39, 0.29) is 12.5 Å². The fraction of sp³-hybridized carbons (Fsp3) is 0.419. The van der Waals surface area contributed by atoms with Gasteiger partial charge in [0, 0.05) is 35.1 Å². The molecule has 6 rings (SSSR count). The molecule has 0 saturated carbocycles. The summed E-state index contributed by atoms with van der Waals surface area (Å²) in [7, 11) is -1.33. The fourth-order valence-corrected chi connectivity index (χ4v) is 5.35. The summed E-state index contributed by atoms with van der Waals surface area (Å²) in [5.41, 5.74) is 7.61. The molecule has 0 radical (unpaired) electrons. The summed E-state index contributed by atoms with van der Waals surface area (Å²) in [5.74, 6) is 5.95. The van der Waals surface area contributed by atoms with E-state index in [1.807, 2.05) is 40.0 Å². The van der Waals surface area contributed by atoms with Crippen molar-refractivity contribution in [2.45, 2.75) is 70.6 Å². The molecule has 4 heterocycles. The van der Waals surface area contributed by atoms with E-state index in [1.165, 1.54) is 12.8 Å². The molecule has 6 nitrogen and oxygen atoms in total. The molecule has 2 atom stereocenters. The highest BCUT2D eigenvalue weighted by Gasteiger charge is 2.19. The molecule has 2 aliphatic heterocycles. The molecule has 7 heteroatoms. The Kier molecular flexibility index (Phi) is 8.00. The lowest BCUT2D eigenvalue weighted by atomic mass is 10.1. The number of terminal acetylenes is 1. The van der Waals surface area contributed by atoms with Gasteiger partial charge in [-0.25, -0.2) is 9.36 Å². The third-order valence-corrected chi connectivity index (χ3v) is 7.67. The van der Waals surface area contributed by atoms with Crippen LogP contribution in [0.5, 0.6) is 0 Å². The van der Waals surface area contributed by atoms with Gasteiger partial charge in [0.1, 0.15) is 8.07 Å². The van der Waals surface area contributed by atoms with Crippen molar-refractivity contribution in [3.05, 3.63) is 59.9 Å². The minimum absolute atomic E-state index is 0.0814. The summed E-state index contributed by atoms with van der Waals surface area (Å²) in [6.07, 6.45) is 16.2. The zero-order chi connectivity index (χ0) is 26.5. The minimum atomic E-state index is -1.33. The number of benzene rings is 2. The molecule has 0 amide bonds. The molecule has 2 aromatic carbocycles. The van der Waals surface area contributed by atoms with Crippen LogP contribution in [-0.4, -0.2) is 40.8 Å². The van der Waals surface area contributed by atoms with Gasteiger partial charge in [-0.15, -0.1) is 12.0 Å². The van der Waals surface area contributed by atoms with Crippen LogP contribution >= 0.6 is 0 Å². The van der Waals surface area contributed by atoms with Crippen LogP contribution in [0.1, 0.15) is 62.1 Å². The molecule has 196 valence electrons. The Morgan fingerprint density at radius 3 is 1.79 bits per heavy atom. The molecule has 0 spiro atoms. The van der Waals surface area contributed by atoms with Gasteiger partial charge in [0.25, 0.3) is 0 Å². The standard InChI is InChI=1S/C17H22N2OSi.C14H14N2O/c1-21(2,3)11-9-14-7-8-16-15(12-14)13-18-19(16)17-6-4-5-10-20-17;1-2-11-6-7-13-12(9-11)10-15-16(13)14-5-3-4-8-17-14/h7-8,12-13,17H,4-6,10H2,1-3H3;1,6-7,9-10,14H,3-5,8H2. The predicted octanol–water partition coefficient (Wildman–Crippen LogP) is 6.68. The van der Waals surface area contributed by atoms with E-state index < -0.39 is 8.07 Å². The Bertz CT molecular complexity index is 1500. The highest BCUT2D eigenvalue weighted by atomic mass is 28.3. The summed E-state index contributed by atoms with van der Waals surface area (Å²) in [5, 5.41) is 11.2. The smallest absolute Gasteiger partial charge is 0.150 e. The van der Waals surface area contributed by atoms with E-state index in [1.54, 1.807) is 0 Å². The molecular weight excluding hydrogens is 488 g/mol. The van der Waals surface area contributed by atoms with Crippen molar-refractivity contribution in [1.82, 2.24) is 19.6 Å². The second-order valence-electron chi connectivity index (χ2n) is 11.0. The number of fused-ring (bicyclic) bond motifs is 2. The quantitative estimate of drug-likeness (QED) is 0.217. The summed E-state index contributed by atoms with van der Waals surface area (Å²) in [6.45, 7) is 8.45. The van der Waals surface area contributed by atoms with Crippen molar-refractivity contribution in [2.24, 2.45) is 0 Å². The van der Waals surface area contributed by atoms with Crippen LogP contribution < -0.4 is 0 Å². The molecule has 2 unspecified atom stereocenters. The first kappa shape index (κ1) is 26.3. The molecule has 2 aromatic heterocycles. The van der Waals surface area contributed by atoms with Crippen LogP contribution in [0.2, 0.25) is 19.6 Å². The highest BCUT2D eigenvalue weighted by Crippen LogP contribution is 2.27. The average molecular weight is 525 g/mol. The maximum atomic E-state index is 5.83. The van der Waals surface area contributed by atoms with Crippen LogP contribution in [-0.2, 0) is 9.47 Å². The van der Waals surface area contributed by atoms with E-state index in [0.717, 1.165) is 71.8 Å². The van der Waals surface area contributed by atoms with Gasteiger partial charge in [-0.3, -0.25) is 0 Å². The third kappa shape index (κ3) is 6.19. The Morgan fingerprint density at radius 2 is 1.32 bits per heavy atom. The van der Waals surface area contributed by atoms with Gasteiger partial charge in [-0.05, 0) is 74.9 Å².